The van der Waals surface area contributed by atoms with E-state index in [9.17, 15) is 8.78 Å². The van der Waals surface area contributed by atoms with Crippen LogP contribution in [0, 0.1) is 23.1 Å². The van der Waals surface area contributed by atoms with Gasteiger partial charge in [0, 0.05) is 18.2 Å². The normalized spacial score (nSPS) is 13.3. The van der Waals surface area contributed by atoms with E-state index < -0.39 is 11.6 Å². The van der Waals surface area contributed by atoms with Crippen molar-refractivity contribution in [3.05, 3.63) is 41.7 Å². The van der Waals surface area contributed by atoms with Crippen molar-refractivity contribution < 1.29 is 8.78 Å². The van der Waals surface area contributed by atoms with Crippen LogP contribution >= 0.6 is 0 Å². The van der Waals surface area contributed by atoms with Crippen LogP contribution in [0.2, 0.25) is 0 Å². The standard InChI is InChI=1S/C12H15F2N3/c1-3-8(2)12(17-15)7-16-11-6-9(13)4-5-10(11)14/h4-8,15-16H,3H2,1-2H3/b12-7-,17-15?. The van der Waals surface area contributed by atoms with Crippen LogP contribution in [0.25, 0.3) is 0 Å². The Labute approximate surface area is 99.0 Å². The van der Waals surface area contributed by atoms with Crippen molar-refractivity contribution >= 4 is 5.69 Å². The van der Waals surface area contributed by atoms with Gasteiger partial charge >= 0.3 is 0 Å². The molecule has 0 aromatic heterocycles. The van der Waals surface area contributed by atoms with Gasteiger partial charge in [0.2, 0.25) is 0 Å². The third-order valence-corrected chi connectivity index (χ3v) is 2.55. The second kappa shape index (κ2) is 6.08. The van der Waals surface area contributed by atoms with Crippen molar-refractivity contribution in [3.8, 4) is 0 Å². The zero-order valence-corrected chi connectivity index (χ0v) is 9.80. The Balaban J connectivity index is 2.87. The van der Waals surface area contributed by atoms with Gasteiger partial charge in [0.15, 0.2) is 0 Å². The van der Waals surface area contributed by atoms with Crippen LogP contribution in [0.4, 0.5) is 14.5 Å². The minimum atomic E-state index is -0.545. The Morgan fingerprint density at radius 2 is 2.24 bits per heavy atom. The summed E-state index contributed by atoms with van der Waals surface area (Å²) in [6.45, 7) is 3.87. The first-order chi connectivity index (χ1) is 8.08. The van der Waals surface area contributed by atoms with E-state index in [2.05, 4.69) is 10.4 Å². The molecule has 0 bridgehead atoms. The fraction of sp³-hybridized carbons (Fsp3) is 0.333. The summed E-state index contributed by atoms with van der Waals surface area (Å²) in [6, 6.07) is 3.16. The summed E-state index contributed by atoms with van der Waals surface area (Å²) in [5.74, 6) is -0.969. The Morgan fingerprint density at radius 3 is 2.82 bits per heavy atom. The monoisotopic (exact) mass is 239 g/mol. The molecular weight excluding hydrogens is 224 g/mol. The number of nitrogens with zero attached hydrogens (tertiary/aromatic N) is 1. The molecule has 92 valence electrons. The van der Waals surface area contributed by atoms with Crippen LogP contribution in [-0.4, -0.2) is 0 Å². The Morgan fingerprint density at radius 1 is 1.53 bits per heavy atom. The highest BCUT2D eigenvalue weighted by Gasteiger charge is 2.06. The van der Waals surface area contributed by atoms with Crippen molar-refractivity contribution in [2.45, 2.75) is 20.3 Å². The highest BCUT2D eigenvalue weighted by Crippen LogP contribution is 2.18. The van der Waals surface area contributed by atoms with E-state index in [-0.39, 0.29) is 11.6 Å². The molecule has 0 radical (unpaired) electrons. The molecule has 0 aliphatic rings. The van der Waals surface area contributed by atoms with Crippen LogP contribution in [0.15, 0.2) is 35.2 Å². The summed E-state index contributed by atoms with van der Waals surface area (Å²) in [4.78, 5) is 0. The molecule has 2 N–H and O–H groups in total. The molecule has 0 aliphatic heterocycles. The molecule has 0 saturated carbocycles. The maximum absolute atomic E-state index is 13.3. The Kier molecular flexibility index (Phi) is 4.75. The average molecular weight is 239 g/mol. The topological polar surface area (TPSA) is 48.2 Å². The zero-order valence-electron chi connectivity index (χ0n) is 9.80. The summed E-state index contributed by atoms with van der Waals surface area (Å²) < 4.78 is 26.2. The van der Waals surface area contributed by atoms with E-state index in [0.29, 0.717) is 5.70 Å². The summed E-state index contributed by atoms with van der Waals surface area (Å²) in [5, 5.41) is 5.99. The van der Waals surface area contributed by atoms with Crippen molar-refractivity contribution in [2.75, 3.05) is 5.32 Å². The molecule has 1 aromatic rings. The Bertz CT molecular complexity index is 430. The van der Waals surface area contributed by atoms with Gasteiger partial charge in [-0.2, -0.15) is 5.11 Å². The van der Waals surface area contributed by atoms with Gasteiger partial charge in [-0.15, -0.1) is 0 Å². The molecule has 1 unspecified atom stereocenters. The Hall–Kier alpha value is -1.78. The second-order valence-corrected chi connectivity index (χ2v) is 3.76. The van der Waals surface area contributed by atoms with Gasteiger partial charge in [0.05, 0.1) is 11.4 Å². The zero-order chi connectivity index (χ0) is 12.8. The van der Waals surface area contributed by atoms with Gasteiger partial charge in [-0.05, 0) is 18.6 Å². The van der Waals surface area contributed by atoms with Crippen molar-refractivity contribution in [1.82, 2.24) is 0 Å². The highest BCUT2D eigenvalue weighted by atomic mass is 19.1. The number of hydrogen-bond acceptors (Lipinski definition) is 3. The molecule has 0 saturated heterocycles. The summed E-state index contributed by atoms with van der Waals surface area (Å²) in [6.07, 6.45) is 2.25. The third-order valence-electron chi connectivity index (χ3n) is 2.55. The quantitative estimate of drug-likeness (QED) is 0.739. The van der Waals surface area contributed by atoms with Gasteiger partial charge < -0.3 is 5.32 Å². The fourth-order valence-electron chi connectivity index (χ4n) is 1.25. The lowest BCUT2D eigenvalue weighted by Crippen LogP contribution is -2.00. The fourth-order valence-corrected chi connectivity index (χ4v) is 1.25. The smallest absolute Gasteiger partial charge is 0.146 e. The third kappa shape index (κ3) is 3.62. The minimum absolute atomic E-state index is 0.0365. The van der Waals surface area contributed by atoms with E-state index in [0.717, 1.165) is 24.6 Å². The van der Waals surface area contributed by atoms with Gasteiger partial charge in [-0.3, -0.25) is 0 Å². The van der Waals surface area contributed by atoms with Crippen LogP contribution < -0.4 is 5.32 Å². The number of rotatable bonds is 5. The van der Waals surface area contributed by atoms with Crippen molar-refractivity contribution in [2.24, 2.45) is 11.0 Å². The van der Waals surface area contributed by atoms with E-state index in [1.165, 1.54) is 6.20 Å². The lowest BCUT2D eigenvalue weighted by atomic mass is 10.1. The summed E-state index contributed by atoms with van der Waals surface area (Å²) in [7, 11) is 0. The first kappa shape index (κ1) is 13.3. The van der Waals surface area contributed by atoms with Crippen LogP contribution in [0.5, 0.6) is 0 Å². The van der Waals surface area contributed by atoms with Gasteiger partial charge in [-0.1, -0.05) is 13.8 Å². The molecule has 1 rings (SSSR count). The van der Waals surface area contributed by atoms with Crippen LogP contribution in [-0.2, 0) is 0 Å². The highest BCUT2D eigenvalue weighted by molar-refractivity contribution is 5.47. The number of hydrogen-bond donors (Lipinski definition) is 2. The molecule has 1 aromatic carbocycles. The number of nitrogens with one attached hydrogen (secondary N) is 2. The molecule has 5 heteroatoms. The van der Waals surface area contributed by atoms with Crippen LogP contribution in [0.3, 0.4) is 0 Å². The molecule has 17 heavy (non-hydrogen) atoms. The first-order valence-electron chi connectivity index (χ1n) is 5.37. The maximum Gasteiger partial charge on any atom is 0.146 e. The van der Waals surface area contributed by atoms with Crippen molar-refractivity contribution in [1.29, 1.82) is 5.53 Å². The average Bonchev–Trinajstić information content (AvgIpc) is 2.33. The molecular formula is C12H15F2N3. The molecule has 0 aliphatic carbocycles. The van der Waals surface area contributed by atoms with Gasteiger partial charge in [0.25, 0.3) is 0 Å². The summed E-state index contributed by atoms with van der Waals surface area (Å²) in [5.41, 5.74) is 7.54. The van der Waals surface area contributed by atoms with E-state index in [4.69, 9.17) is 5.53 Å². The molecule has 0 spiro atoms. The van der Waals surface area contributed by atoms with E-state index >= 15 is 0 Å². The first-order valence-corrected chi connectivity index (χ1v) is 5.37. The predicted molar refractivity (Wildman–Crippen MR) is 62.7 cm³/mol. The lowest BCUT2D eigenvalue weighted by molar-refractivity contribution is 0.603. The summed E-state index contributed by atoms with van der Waals surface area (Å²) >= 11 is 0. The van der Waals surface area contributed by atoms with E-state index in [1.54, 1.807) is 0 Å². The van der Waals surface area contributed by atoms with Crippen LogP contribution in [0.1, 0.15) is 20.3 Å². The molecule has 0 fully saturated rings. The minimum Gasteiger partial charge on any atom is -0.357 e. The van der Waals surface area contributed by atoms with E-state index in [1.807, 2.05) is 13.8 Å². The van der Waals surface area contributed by atoms with Crippen molar-refractivity contribution in [3.63, 3.8) is 0 Å². The number of benzene rings is 1. The molecule has 0 amide bonds. The molecule has 1 atom stereocenters. The maximum atomic E-state index is 13.3. The number of anilines is 1. The SMILES string of the molecule is CCC(C)/C(=C/Nc1cc(F)ccc1F)N=N. The predicted octanol–water partition coefficient (Wildman–Crippen LogP) is 4.30. The van der Waals surface area contributed by atoms with Gasteiger partial charge in [-0.25, -0.2) is 14.3 Å². The number of allylic oxidation sites excluding steroid dienone is 1. The van der Waals surface area contributed by atoms with Gasteiger partial charge in [0.1, 0.15) is 11.6 Å². The number of halogens is 2. The second-order valence-electron chi connectivity index (χ2n) is 3.76. The lowest BCUT2D eigenvalue weighted by Gasteiger charge is -2.09. The molecule has 3 nitrogen and oxygen atoms in total. The molecule has 0 heterocycles. The largest absolute Gasteiger partial charge is 0.357 e.